The number of hydrogen-bond donors (Lipinski definition) is 0. The first-order chi connectivity index (χ1) is 14.6. The molecule has 0 radical (unpaired) electrons. The maximum atomic E-state index is 13.4. The summed E-state index contributed by atoms with van der Waals surface area (Å²) in [5.74, 6) is 0.144. The van der Waals surface area contributed by atoms with Crippen LogP contribution in [-0.4, -0.2) is 43.2 Å². The van der Waals surface area contributed by atoms with Crippen LogP contribution in [0.5, 0.6) is 0 Å². The third kappa shape index (κ3) is 4.04. The average molecular weight is 446 g/mol. The van der Waals surface area contributed by atoms with Gasteiger partial charge in [-0.25, -0.2) is 0 Å². The van der Waals surface area contributed by atoms with Crippen LogP contribution in [0.25, 0.3) is 0 Å². The van der Waals surface area contributed by atoms with Crippen molar-refractivity contribution in [2.45, 2.75) is 31.9 Å². The second kappa shape index (κ2) is 8.39. The molecule has 1 aliphatic carbocycles. The van der Waals surface area contributed by atoms with Gasteiger partial charge in [-0.15, -0.1) is 0 Å². The third-order valence-electron chi connectivity index (χ3n) is 6.21. The Morgan fingerprint density at radius 2 is 1.80 bits per heavy atom. The molecule has 2 heterocycles. The Balaban J connectivity index is 1.23. The summed E-state index contributed by atoms with van der Waals surface area (Å²) in [4.78, 5) is 23.7. The second-order valence-corrected chi connectivity index (χ2v) is 9.13. The molecule has 5 nitrogen and oxygen atoms in total. The van der Waals surface area contributed by atoms with E-state index in [0.717, 1.165) is 37.3 Å². The molecule has 30 heavy (non-hydrogen) atoms. The number of fused-ring (bicyclic) bond motifs is 1. The lowest BCUT2D eigenvalue weighted by Crippen LogP contribution is -2.47. The Morgan fingerprint density at radius 3 is 2.60 bits per heavy atom. The molecule has 0 spiro atoms. The van der Waals surface area contributed by atoms with Gasteiger partial charge in [-0.3, -0.25) is 9.63 Å². The van der Waals surface area contributed by atoms with E-state index in [1.54, 1.807) is 12.1 Å². The third-order valence-corrected chi connectivity index (χ3v) is 6.81. The highest BCUT2D eigenvalue weighted by Crippen LogP contribution is 2.40. The van der Waals surface area contributed by atoms with Crippen molar-refractivity contribution in [2.24, 2.45) is 5.92 Å². The average Bonchev–Trinajstić information content (AvgIpc) is 3.50. The van der Waals surface area contributed by atoms with Crippen molar-refractivity contribution < 1.29 is 9.63 Å². The van der Waals surface area contributed by atoms with Crippen molar-refractivity contribution in [3.63, 3.8) is 0 Å². The molecule has 0 N–H and O–H groups in total. The molecule has 2 aromatic carbocycles. The molecular formula is C23H25Cl2N3O2. The molecule has 2 aromatic rings. The summed E-state index contributed by atoms with van der Waals surface area (Å²) in [5, 5.41) is 3.15. The number of anilines is 2. The van der Waals surface area contributed by atoms with Crippen LogP contribution in [0.4, 0.5) is 11.4 Å². The molecule has 1 unspecified atom stereocenters. The first-order valence-electron chi connectivity index (χ1n) is 10.6. The Morgan fingerprint density at radius 1 is 1.00 bits per heavy atom. The van der Waals surface area contributed by atoms with E-state index in [0.29, 0.717) is 29.2 Å². The van der Waals surface area contributed by atoms with Gasteiger partial charge in [-0.05, 0) is 55.2 Å². The highest BCUT2D eigenvalue weighted by atomic mass is 35.5. The maximum Gasteiger partial charge on any atom is 0.231 e. The van der Waals surface area contributed by atoms with Gasteiger partial charge < -0.3 is 9.80 Å². The number of benzene rings is 2. The molecule has 2 fully saturated rings. The molecule has 158 valence electrons. The smallest absolute Gasteiger partial charge is 0.231 e. The fourth-order valence-electron chi connectivity index (χ4n) is 4.46. The molecule has 0 aromatic heterocycles. The number of carbonyl (C=O) groups excluding carboxylic acids is 1. The summed E-state index contributed by atoms with van der Waals surface area (Å²) in [5.41, 5.74) is 3.09. The van der Waals surface area contributed by atoms with E-state index in [2.05, 4.69) is 23.1 Å². The molecule has 1 amide bonds. The van der Waals surface area contributed by atoms with Crippen LogP contribution in [-0.2, 0) is 16.2 Å². The van der Waals surface area contributed by atoms with Crippen LogP contribution >= 0.6 is 23.2 Å². The minimum absolute atomic E-state index is 0.0552. The Bertz CT molecular complexity index is 950. The van der Waals surface area contributed by atoms with E-state index >= 15 is 0 Å². The van der Waals surface area contributed by atoms with Gasteiger partial charge in [-0.2, -0.15) is 5.06 Å². The molecule has 7 heteroatoms. The van der Waals surface area contributed by atoms with Gasteiger partial charge in [0, 0.05) is 42.3 Å². The lowest BCUT2D eigenvalue weighted by atomic mass is 10.0. The van der Waals surface area contributed by atoms with Crippen molar-refractivity contribution in [1.82, 2.24) is 5.06 Å². The van der Waals surface area contributed by atoms with Crippen molar-refractivity contribution in [2.75, 3.05) is 36.0 Å². The number of hydrogen-bond acceptors (Lipinski definition) is 4. The van der Waals surface area contributed by atoms with Gasteiger partial charge in [-0.1, -0.05) is 35.3 Å². The van der Waals surface area contributed by atoms with Crippen LogP contribution < -0.4 is 9.80 Å². The molecule has 5 rings (SSSR count). The van der Waals surface area contributed by atoms with Gasteiger partial charge in [0.15, 0.2) is 0 Å². The fraction of sp³-hybridized carbons (Fsp3) is 0.435. The number of amides is 1. The maximum absolute atomic E-state index is 13.4. The molecule has 1 saturated heterocycles. The zero-order valence-corrected chi connectivity index (χ0v) is 18.3. The quantitative estimate of drug-likeness (QED) is 0.664. The van der Waals surface area contributed by atoms with E-state index in [1.807, 2.05) is 22.1 Å². The zero-order chi connectivity index (χ0) is 20.7. The lowest BCUT2D eigenvalue weighted by Gasteiger charge is -2.39. The Kier molecular flexibility index (Phi) is 5.63. The number of carbonyl (C=O) groups is 1. The first-order valence-corrected chi connectivity index (χ1v) is 11.3. The predicted molar refractivity (Wildman–Crippen MR) is 120 cm³/mol. The predicted octanol–water partition coefficient (Wildman–Crippen LogP) is 4.76. The topological polar surface area (TPSA) is 36.0 Å². The molecule has 1 saturated carbocycles. The lowest BCUT2D eigenvalue weighted by molar-refractivity contribution is -0.157. The molecule has 2 aliphatic heterocycles. The van der Waals surface area contributed by atoms with E-state index < -0.39 is 0 Å². The van der Waals surface area contributed by atoms with E-state index in [4.69, 9.17) is 28.0 Å². The second-order valence-electron chi connectivity index (χ2n) is 8.29. The fourth-order valence-corrected chi connectivity index (χ4v) is 4.83. The first kappa shape index (κ1) is 20.1. The standard InChI is InChI=1S/C23H25Cl2N3O2/c24-18-5-8-20(25)17(13-18)15-30-26-10-9-16(14-26)23(29)28-12-11-27(19-6-7-19)21-3-1-2-4-22(21)28/h1-5,8,13,16,19H,6-7,9-12,14-15H2. The van der Waals surface area contributed by atoms with Gasteiger partial charge >= 0.3 is 0 Å². The number of para-hydroxylation sites is 2. The van der Waals surface area contributed by atoms with Crippen molar-refractivity contribution >= 4 is 40.5 Å². The van der Waals surface area contributed by atoms with Crippen LogP contribution in [0, 0.1) is 5.92 Å². The number of hydroxylamine groups is 2. The molecule has 3 aliphatic rings. The summed E-state index contributed by atoms with van der Waals surface area (Å²) in [7, 11) is 0. The van der Waals surface area contributed by atoms with Gasteiger partial charge in [0.25, 0.3) is 0 Å². The summed E-state index contributed by atoms with van der Waals surface area (Å²) < 4.78 is 0. The van der Waals surface area contributed by atoms with Crippen LogP contribution in [0.15, 0.2) is 42.5 Å². The zero-order valence-electron chi connectivity index (χ0n) is 16.8. The van der Waals surface area contributed by atoms with Crippen LogP contribution in [0.1, 0.15) is 24.8 Å². The van der Waals surface area contributed by atoms with Crippen LogP contribution in [0.2, 0.25) is 10.0 Å². The highest BCUT2D eigenvalue weighted by molar-refractivity contribution is 6.33. The van der Waals surface area contributed by atoms with Crippen LogP contribution in [0.3, 0.4) is 0 Å². The van der Waals surface area contributed by atoms with Crippen molar-refractivity contribution in [1.29, 1.82) is 0 Å². The van der Waals surface area contributed by atoms with Crippen molar-refractivity contribution in [3.8, 4) is 0 Å². The number of nitrogens with zero attached hydrogens (tertiary/aromatic N) is 3. The number of halogens is 2. The molecule has 0 bridgehead atoms. The SMILES string of the molecule is O=C(C1CCN(OCc2cc(Cl)ccc2Cl)C1)N1CCN(C2CC2)c2ccccc21. The van der Waals surface area contributed by atoms with Gasteiger partial charge in [0.1, 0.15) is 0 Å². The minimum Gasteiger partial charge on any atom is -0.365 e. The Labute approximate surface area is 187 Å². The summed E-state index contributed by atoms with van der Waals surface area (Å²) in [6.07, 6.45) is 3.31. The molecular weight excluding hydrogens is 421 g/mol. The monoisotopic (exact) mass is 445 g/mol. The highest BCUT2D eigenvalue weighted by Gasteiger charge is 2.38. The largest absolute Gasteiger partial charge is 0.365 e. The molecule has 1 atom stereocenters. The van der Waals surface area contributed by atoms with Gasteiger partial charge in [0.05, 0.1) is 23.9 Å². The summed E-state index contributed by atoms with van der Waals surface area (Å²) >= 11 is 12.3. The van der Waals surface area contributed by atoms with E-state index in [9.17, 15) is 4.79 Å². The van der Waals surface area contributed by atoms with Gasteiger partial charge in [0.2, 0.25) is 5.91 Å². The summed E-state index contributed by atoms with van der Waals surface area (Å²) in [6, 6.07) is 14.3. The summed E-state index contributed by atoms with van der Waals surface area (Å²) in [6.45, 7) is 3.35. The van der Waals surface area contributed by atoms with E-state index in [1.165, 1.54) is 18.5 Å². The normalized spacial score (nSPS) is 21.7. The van der Waals surface area contributed by atoms with E-state index in [-0.39, 0.29) is 11.8 Å². The minimum atomic E-state index is -0.0552. The van der Waals surface area contributed by atoms with Crippen molar-refractivity contribution in [3.05, 3.63) is 58.1 Å². The Hall–Kier alpha value is -1.79. The number of rotatable bonds is 5.